The minimum atomic E-state index is -0.491. The Labute approximate surface area is 254 Å². The van der Waals surface area contributed by atoms with Gasteiger partial charge in [-0.1, -0.05) is 54.1 Å². The van der Waals surface area contributed by atoms with Crippen LogP contribution in [0.25, 0.3) is 27.9 Å². The van der Waals surface area contributed by atoms with Crippen LogP contribution in [0.3, 0.4) is 0 Å². The van der Waals surface area contributed by atoms with Crippen LogP contribution >= 0.6 is 0 Å². The van der Waals surface area contributed by atoms with Crippen molar-refractivity contribution in [3.63, 3.8) is 0 Å². The number of hydrogen-bond donors (Lipinski definition) is 1. The first-order chi connectivity index (χ1) is 21.0. The number of aromatic hydroxyl groups is 1. The summed E-state index contributed by atoms with van der Waals surface area (Å²) in [5, 5.41) is 22.6. The number of pyridine rings is 1. The van der Waals surface area contributed by atoms with Crippen molar-refractivity contribution >= 4 is 17.3 Å². The zero-order valence-corrected chi connectivity index (χ0v) is 25.1. The number of carbonyl (C=O) groups is 1. The molecule has 4 aromatic carbocycles. The van der Waals surface area contributed by atoms with Crippen molar-refractivity contribution in [2.24, 2.45) is 0 Å². The lowest BCUT2D eigenvalue weighted by atomic mass is 9.90. The Morgan fingerprint density at radius 2 is 1.36 bits per heavy atom. The highest BCUT2D eigenvalue weighted by Crippen LogP contribution is 2.44. The molecule has 0 aliphatic carbocycles. The van der Waals surface area contributed by atoms with Crippen LogP contribution in [0.15, 0.2) is 83.7 Å². The van der Waals surface area contributed by atoms with E-state index in [9.17, 15) is 24.8 Å². The lowest BCUT2D eigenvalue weighted by Gasteiger charge is -2.22. The number of nitrogens with zero attached hydrogens (tertiary/aromatic N) is 3. The maximum Gasteiger partial charge on any atom is 0.276 e. The number of nitro benzene ring substituents is 1. The summed E-state index contributed by atoms with van der Waals surface area (Å²) >= 11 is 0. The number of anilines is 1. The highest BCUT2D eigenvalue weighted by atomic mass is 16.6. The summed E-state index contributed by atoms with van der Waals surface area (Å²) in [6.07, 6.45) is 0. The van der Waals surface area contributed by atoms with E-state index in [1.165, 1.54) is 16.7 Å². The summed E-state index contributed by atoms with van der Waals surface area (Å²) in [5.41, 5.74) is 7.67. The van der Waals surface area contributed by atoms with Gasteiger partial charge in [0.05, 0.1) is 28.4 Å². The molecule has 0 spiro atoms. The molecule has 1 aliphatic rings. The lowest BCUT2D eigenvalue weighted by molar-refractivity contribution is -0.384. The third-order valence-electron chi connectivity index (χ3n) is 8.35. The van der Waals surface area contributed by atoms with Gasteiger partial charge in [0.1, 0.15) is 11.4 Å². The van der Waals surface area contributed by atoms with Gasteiger partial charge in [0, 0.05) is 28.8 Å². The topological polar surface area (TPSA) is 106 Å². The van der Waals surface area contributed by atoms with Gasteiger partial charge in [-0.2, -0.15) is 0 Å². The van der Waals surface area contributed by atoms with Crippen LogP contribution in [-0.2, 0) is 6.54 Å². The molecule has 0 radical (unpaired) electrons. The van der Waals surface area contributed by atoms with E-state index < -0.39 is 10.5 Å². The highest BCUT2D eigenvalue weighted by Gasteiger charge is 2.39. The number of hydrogen-bond acceptors (Lipinski definition) is 5. The van der Waals surface area contributed by atoms with Crippen molar-refractivity contribution in [3.05, 3.63) is 138 Å². The zero-order valence-electron chi connectivity index (χ0n) is 25.1. The molecular formula is C36H31N3O5. The van der Waals surface area contributed by atoms with Crippen LogP contribution < -0.4 is 10.5 Å². The molecule has 1 N–H and O–H groups in total. The molecule has 220 valence electrons. The third kappa shape index (κ3) is 4.46. The zero-order chi connectivity index (χ0) is 31.4. The maximum absolute atomic E-state index is 14.9. The summed E-state index contributed by atoms with van der Waals surface area (Å²) in [4.78, 5) is 42.2. The minimum absolute atomic E-state index is 0.0457. The molecular weight excluding hydrogens is 554 g/mol. The van der Waals surface area contributed by atoms with E-state index in [0.717, 1.165) is 33.5 Å². The number of non-ortho nitro benzene ring substituents is 1. The number of benzene rings is 4. The Morgan fingerprint density at radius 1 is 0.750 bits per heavy atom. The molecule has 8 heteroatoms. The van der Waals surface area contributed by atoms with Gasteiger partial charge in [0.2, 0.25) is 0 Å². The van der Waals surface area contributed by atoms with Crippen LogP contribution in [-0.4, -0.2) is 20.5 Å². The summed E-state index contributed by atoms with van der Waals surface area (Å²) in [5.74, 6) is -0.364. The van der Waals surface area contributed by atoms with Gasteiger partial charge >= 0.3 is 0 Å². The van der Waals surface area contributed by atoms with Crippen molar-refractivity contribution in [3.8, 4) is 33.7 Å². The first-order valence-corrected chi connectivity index (χ1v) is 14.3. The molecule has 8 nitrogen and oxygen atoms in total. The van der Waals surface area contributed by atoms with E-state index in [2.05, 4.69) is 0 Å². The number of aromatic nitrogens is 1. The monoisotopic (exact) mass is 585 g/mol. The molecule has 0 saturated heterocycles. The number of para-hydroxylation sites is 2. The van der Waals surface area contributed by atoms with Gasteiger partial charge in [-0.25, -0.2) is 0 Å². The summed E-state index contributed by atoms with van der Waals surface area (Å²) in [6, 6.07) is 22.3. The number of fused-ring (bicyclic) bond motifs is 1. The highest BCUT2D eigenvalue weighted by molar-refractivity contribution is 6.12. The number of rotatable bonds is 5. The molecule has 0 unspecified atom stereocenters. The SMILES string of the molecule is Cc1cc(C)c(-n2c3c(c(-c4ccccc4O)c(-c4ccc([N+](=O)[O-])cc4)c2=O)CN(c2c(C)cccc2C)C3=O)c(C)c1. The van der Waals surface area contributed by atoms with Crippen LogP contribution in [0.1, 0.15) is 43.9 Å². The lowest BCUT2D eigenvalue weighted by Crippen LogP contribution is -2.31. The van der Waals surface area contributed by atoms with Crippen molar-refractivity contribution < 1.29 is 14.8 Å². The molecule has 2 heterocycles. The molecule has 1 amide bonds. The molecule has 0 bridgehead atoms. The molecule has 1 aliphatic heterocycles. The van der Waals surface area contributed by atoms with Gasteiger partial charge in [0.15, 0.2) is 0 Å². The number of amides is 1. The Morgan fingerprint density at radius 3 is 1.95 bits per heavy atom. The largest absolute Gasteiger partial charge is 0.507 e. The standard InChI is InChI=1S/C36H31N3O5/c1-20-17-23(4)33(24(5)18-20)38-34-28(19-37(36(34)42)32-21(2)9-8-10-22(32)3)31(27-11-6-7-12-29(27)40)30(35(38)41)25-13-15-26(16-14-25)39(43)44/h6-18,40H,19H2,1-5H3. The van der Waals surface area contributed by atoms with Crippen molar-refractivity contribution in [1.82, 2.24) is 4.57 Å². The van der Waals surface area contributed by atoms with Gasteiger partial charge in [0.25, 0.3) is 17.2 Å². The number of phenols is 1. The Hall–Kier alpha value is -5.50. The second-order valence-corrected chi connectivity index (χ2v) is 11.4. The Balaban J connectivity index is 1.79. The van der Waals surface area contributed by atoms with Gasteiger partial charge in [-0.05, 0) is 80.6 Å². The molecule has 5 aromatic rings. The average Bonchev–Trinajstić information content (AvgIpc) is 3.29. The third-order valence-corrected chi connectivity index (χ3v) is 8.35. The van der Waals surface area contributed by atoms with Gasteiger partial charge in [-0.3, -0.25) is 24.3 Å². The smallest absolute Gasteiger partial charge is 0.276 e. The summed E-state index contributed by atoms with van der Waals surface area (Å²) < 4.78 is 1.51. The van der Waals surface area contributed by atoms with Crippen LogP contribution in [0.2, 0.25) is 0 Å². The summed E-state index contributed by atoms with van der Waals surface area (Å²) in [7, 11) is 0. The van der Waals surface area contributed by atoms with E-state index in [0.29, 0.717) is 27.9 Å². The second kappa shape index (κ2) is 10.6. The average molecular weight is 586 g/mol. The quantitative estimate of drug-likeness (QED) is 0.170. The second-order valence-electron chi connectivity index (χ2n) is 11.4. The molecule has 44 heavy (non-hydrogen) atoms. The van der Waals surface area contributed by atoms with E-state index in [4.69, 9.17) is 0 Å². The fraction of sp³-hybridized carbons (Fsp3) is 0.167. The maximum atomic E-state index is 14.9. The fourth-order valence-corrected chi connectivity index (χ4v) is 6.61. The number of phenolic OH excluding ortho intramolecular Hbond substituents is 1. The number of carbonyl (C=O) groups excluding carboxylic acids is 1. The van der Waals surface area contributed by atoms with Crippen molar-refractivity contribution in [2.75, 3.05) is 4.90 Å². The van der Waals surface area contributed by atoms with E-state index in [1.54, 1.807) is 41.3 Å². The minimum Gasteiger partial charge on any atom is -0.507 e. The predicted molar refractivity (Wildman–Crippen MR) is 172 cm³/mol. The molecule has 6 rings (SSSR count). The summed E-state index contributed by atoms with van der Waals surface area (Å²) in [6.45, 7) is 9.87. The van der Waals surface area contributed by atoms with E-state index in [-0.39, 0.29) is 35.1 Å². The van der Waals surface area contributed by atoms with Crippen molar-refractivity contribution in [1.29, 1.82) is 0 Å². The Kier molecular flexibility index (Phi) is 6.92. The van der Waals surface area contributed by atoms with Gasteiger partial charge < -0.3 is 10.0 Å². The molecule has 1 aromatic heterocycles. The van der Waals surface area contributed by atoms with E-state index >= 15 is 0 Å². The normalized spacial score (nSPS) is 12.5. The predicted octanol–water partition coefficient (Wildman–Crippen LogP) is 7.49. The van der Waals surface area contributed by atoms with Crippen molar-refractivity contribution in [2.45, 2.75) is 41.2 Å². The van der Waals surface area contributed by atoms with Crippen LogP contribution in [0.4, 0.5) is 11.4 Å². The molecule has 0 fully saturated rings. The molecule has 0 atom stereocenters. The number of aryl methyl sites for hydroxylation is 5. The number of nitro groups is 1. The van der Waals surface area contributed by atoms with Crippen LogP contribution in [0, 0.1) is 44.7 Å². The fourth-order valence-electron chi connectivity index (χ4n) is 6.61. The van der Waals surface area contributed by atoms with Gasteiger partial charge in [-0.15, -0.1) is 0 Å². The first kappa shape index (κ1) is 28.6. The van der Waals surface area contributed by atoms with E-state index in [1.807, 2.05) is 65.0 Å². The molecule has 0 saturated carbocycles. The Bertz CT molecular complexity index is 2030. The first-order valence-electron chi connectivity index (χ1n) is 14.3. The van der Waals surface area contributed by atoms with Crippen LogP contribution in [0.5, 0.6) is 5.75 Å².